The van der Waals surface area contributed by atoms with Crippen LogP contribution < -0.4 is 5.73 Å². The third-order valence-electron chi connectivity index (χ3n) is 4.56. The van der Waals surface area contributed by atoms with Crippen molar-refractivity contribution in [1.29, 1.82) is 0 Å². The van der Waals surface area contributed by atoms with E-state index in [1.165, 1.54) is 5.56 Å². The summed E-state index contributed by atoms with van der Waals surface area (Å²) in [5.74, 6) is 1.36. The lowest BCUT2D eigenvalue weighted by Gasteiger charge is -2.23. The quantitative estimate of drug-likeness (QED) is 0.936. The summed E-state index contributed by atoms with van der Waals surface area (Å²) in [5.41, 5.74) is 7.24. The zero-order valence-electron chi connectivity index (χ0n) is 12.8. The molecular weight excluding hydrogens is 262 g/mol. The highest BCUT2D eigenvalue weighted by Crippen LogP contribution is 2.35. The van der Waals surface area contributed by atoms with Gasteiger partial charge in [-0.2, -0.15) is 4.98 Å². The third-order valence-corrected chi connectivity index (χ3v) is 4.56. The summed E-state index contributed by atoms with van der Waals surface area (Å²) in [6.45, 7) is 4.39. The molecule has 3 rings (SSSR count). The first-order chi connectivity index (χ1) is 10.00. The van der Waals surface area contributed by atoms with Gasteiger partial charge in [0.2, 0.25) is 5.89 Å². The topological polar surface area (TPSA) is 64.9 Å². The van der Waals surface area contributed by atoms with Gasteiger partial charge in [-0.15, -0.1) is 0 Å². The lowest BCUT2D eigenvalue weighted by molar-refractivity contribution is 0.330. The molecule has 4 heteroatoms. The highest BCUT2D eigenvalue weighted by atomic mass is 16.5. The first kappa shape index (κ1) is 14.3. The van der Waals surface area contributed by atoms with Crippen molar-refractivity contribution >= 4 is 0 Å². The third kappa shape index (κ3) is 2.86. The Balaban J connectivity index is 1.78. The minimum atomic E-state index is -0.376. The van der Waals surface area contributed by atoms with Crippen LogP contribution in [-0.4, -0.2) is 10.1 Å². The van der Waals surface area contributed by atoms with E-state index in [0.29, 0.717) is 11.7 Å². The number of nitrogens with zero attached hydrogens (tertiary/aromatic N) is 2. The number of benzene rings is 1. The molecule has 1 aromatic heterocycles. The monoisotopic (exact) mass is 285 g/mol. The summed E-state index contributed by atoms with van der Waals surface area (Å²) < 4.78 is 5.46. The normalized spacial score (nSPS) is 18.0. The Morgan fingerprint density at radius 1 is 1.19 bits per heavy atom. The van der Waals surface area contributed by atoms with E-state index in [1.807, 2.05) is 6.07 Å². The van der Waals surface area contributed by atoms with E-state index in [2.05, 4.69) is 48.3 Å². The van der Waals surface area contributed by atoms with E-state index in [0.717, 1.165) is 32.1 Å². The van der Waals surface area contributed by atoms with Gasteiger partial charge < -0.3 is 10.3 Å². The van der Waals surface area contributed by atoms with Crippen LogP contribution in [0.4, 0.5) is 0 Å². The van der Waals surface area contributed by atoms with Crippen molar-refractivity contribution < 1.29 is 4.52 Å². The molecule has 0 atom stereocenters. The standard InChI is InChI=1S/C17H23N3O/c1-16(2,13-8-4-3-5-9-13)12-14-19-15(20-21-14)17(18)10-6-7-11-17/h3-5,8-9H,6-7,10-12,18H2,1-2H3. The predicted molar refractivity (Wildman–Crippen MR) is 81.8 cm³/mol. The molecule has 1 aliphatic rings. The van der Waals surface area contributed by atoms with E-state index in [9.17, 15) is 0 Å². The Morgan fingerprint density at radius 3 is 2.52 bits per heavy atom. The molecule has 0 amide bonds. The molecule has 1 heterocycles. The van der Waals surface area contributed by atoms with Crippen molar-refractivity contribution in [2.75, 3.05) is 0 Å². The van der Waals surface area contributed by atoms with Crippen LogP contribution in [0.2, 0.25) is 0 Å². The largest absolute Gasteiger partial charge is 0.339 e. The molecule has 1 saturated carbocycles. The molecule has 0 unspecified atom stereocenters. The maximum absolute atomic E-state index is 6.38. The number of hydrogen-bond donors (Lipinski definition) is 1. The fraction of sp³-hybridized carbons (Fsp3) is 0.529. The van der Waals surface area contributed by atoms with Gasteiger partial charge in [0.25, 0.3) is 0 Å². The van der Waals surface area contributed by atoms with Crippen LogP contribution in [0.5, 0.6) is 0 Å². The molecule has 0 aliphatic heterocycles. The van der Waals surface area contributed by atoms with Gasteiger partial charge in [-0.05, 0) is 23.8 Å². The van der Waals surface area contributed by atoms with E-state index in [4.69, 9.17) is 10.3 Å². The van der Waals surface area contributed by atoms with Gasteiger partial charge in [0.15, 0.2) is 5.82 Å². The summed E-state index contributed by atoms with van der Waals surface area (Å²) in [7, 11) is 0. The number of rotatable bonds is 4. The van der Waals surface area contributed by atoms with Gasteiger partial charge in [-0.3, -0.25) is 0 Å². The van der Waals surface area contributed by atoms with E-state index >= 15 is 0 Å². The molecule has 0 radical (unpaired) electrons. The van der Waals surface area contributed by atoms with E-state index in [-0.39, 0.29) is 11.0 Å². The highest BCUT2D eigenvalue weighted by molar-refractivity contribution is 5.24. The van der Waals surface area contributed by atoms with Crippen molar-refractivity contribution in [3.05, 3.63) is 47.6 Å². The van der Waals surface area contributed by atoms with Crippen LogP contribution in [-0.2, 0) is 17.4 Å². The predicted octanol–water partition coefficient (Wildman–Crippen LogP) is 3.32. The van der Waals surface area contributed by atoms with Gasteiger partial charge in [-0.1, -0.05) is 62.2 Å². The van der Waals surface area contributed by atoms with Gasteiger partial charge in [-0.25, -0.2) is 0 Å². The molecule has 0 bridgehead atoms. The molecular formula is C17H23N3O. The van der Waals surface area contributed by atoms with Gasteiger partial charge in [0.05, 0.1) is 5.54 Å². The summed E-state index contributed by atoms with van der Waals surface area (Å²) in [6, 6.07) is 10.4. The molecule has 2 N–H and O–H groups in total. The maximum Gasteiger partial charge on any atom is 0.227 e. The molecule has 1 aromatic carbocycles. The zero-order valence-corrected chi connectivity index (χ0v) is 12.8. The average Bonchev–Trinajstić information content (AvgIpc) is 3.10. The molecule has 4 nitrogen and oxygen atoms in total. The van der Waals surface area contributed by atoms with Crippen LogP contribution in [0.15, 0.2) is 34.9 Å². The first-order valence-corrected chi connectivity index (χ1v) is 7.67. The van der Waals surface area contributed by atoms with Crippen LogP contribution in [0, 0.1) is 0 Å². The Hall–Kier alpha value is -1.68. The minimum Gasteiger partial charge on any atom is -0.339 e. The summed E-state index contributed by atoms with van der Waals surface area (Å²) >= 11 is 0. The fourth-order valence-electron chi connectivity index (χ4n) is 3.13. The molecule has 1 aliphatic carbocycles. The van der Waals surface area contributed by atoms with Crippen molar-refractivity contribution in [2.45, 2.75) is 56.9 Å². The molecule has 2 aromatic rings. The number of nitrogens with two attached hydrogens (primary N) is 1. The van der Waals surface area contributed by atoms with Crippen LogP contribution in [0.1, 0.15) is 56.8 Å². The summed E-state index contributed by atoms with van der Waals surface area (Å²) in [4.78, 5) is 4.57. The van der Waals surface area contributed by atoms with Gasteiger partial charge in [0.1, 0.15) is 0 Å². The van der Waals surface area contributed by atoms with E-state index in [1.54, 1.807) is 0 Å². The highest BCUT2D eigenvalue weighted by Gasteiger charge is 2.36. The van der Waals surface area contributed by atoms with Crippen molar-refractivity contribution in [2.24, 2.45) is 5.73 Å². The lowest BCUT2D eigenvalue weighted by Crippen LogP contribution is -2.34. The average molecular weight is 285 g/mol. The van der Waals surface area contributed by atoms with Crippen molar-refractivity contribution in [3.63, 3.8) is 0 Å². The second kappa shape index (κ2) is 5.26. The lowest BCUT2D eigenvalue weighted by atomic mass is 9.81. The minimum absolute atomic E-state index is 0.0392. The Bertz CT molecular complexity index is 598. The molecule has 21 heavy (non-hydrogen) atoms. The van der Waals surface area contributed by atoms with Crippen molar-refractivity contribution in [3.8, 4) is 0 Å². The molecule has 1 fully saturated rings. The van der Waals surface area contributed by atoms with Gasteiger partial charge in [0, 0.05) is 6.42 Å². The van der Waals surface area contributed by atoms with E-state index < -0.39 is 0 Å². The second-order valence-electron chi connectivity index (χ2n) is 6.80. The first-order valence-electron chi connectivity index (χ1n) is 7.67. The van der Waals surface area contributed by atoms with Crippen LogP contribution >= 0.6 is 0 Å². The van der Waals surface area contributed by atoms with Gasteiger partial charge >= 0.3 is 0 Å². The second-order valence-corrected chi connectivity index (χ2v) is 6.80. The molecule has 112 valence electrons. The Kier molecular flexibility index (Phi) is 3.57. The summed E-state index contributed by atoms with van der Waals surface area (Å²) in [5, 5.41) is 4.14. The Morgan fingerprint density at radius 2 is 1.86 bits per heavy atom. The number of hydrogen-bond acceptors (Lipinski definition) is 4. The van der Waals surface area contributed by atoms with Crippen LogP contribution in [0.3, 0.4) is 0 Å². The maximum atomic E-state index is 6.38. The zero-order chi connectivity index (χ0) is 14.9. The Labute approximate surface area is 125 Å². The molecule has 0 spiro atoms. The molecule has 0 saturated heterocycles. The number of aromatic nitrogens is 2. The van der Waals surface area contributed by atoms with Crippen molar-refractivity contribution in [1.82, 2.24) is 10.1 Å². The fourth-order valence-corrected chi connectivity index (χ4v) is 3.13. The smallest absolute Gasteiger partial charge is 0.227 e. The SMILES string of the molecule is CC(C)(Cc1nc(C2(N)CCCC2)no1)c1ccccc1. The summed E-state index contributed by atoms with van der Waals surface area (Å²) in [6.07, 6.45) is 4.92. The van der Waals surface area contributed by atoms with Crippen LogP contribution in [0.25, 0.3) is 0 Å².